The van der Waals surface area contributed by atoms with Crippen LogP contribution >= 0.6 is 0 Å². The number of rotatable bonds is 7. The van der Waals surface area contributed by atoms with Crippen LogP contribution in [0.3, 0.4) is 0 Å². The summed E-state index contributed by atoms with van der Waals surface area (Å²) in [6.45, 7) is -0.609. The first-order valence-corrected chi connectivity index (χ1v) is 8.54. The Morgan fingerprint density at radius 1 is 0.933 bits per heavy atom. The Morgan fingerprint density at radius 2 is 1.50 bits per heavy atom. The summed E-state index contributed by atoms with van der Waals surface area (Å²) in [4.78, 5) is 47.3. The van der Waals surface area contributed by atoms with Crippen molar-refractivity contribution in [1.82, 2.24) is 0 Å². The Labute approximate surface area is 171 Å². The number of methoxy groups -OCH3 is 2. The maximum absolute atomic E-state index is 12.8. The Bertz CT molecular complexity index is 949. The molecule has 0 saturated heterocycles. The summed E-state index contributed by atoms with van der Waals surface area (Å²) in [5, 5.41) is 2.42. The van der Waals surface area contributed by atoms with Gasteiger partial charge in [0.1, 0.15) is 5.82 Å². The van der Waals surface area contributed by atoms with Crippen LogP contribution in [0, 0.1) is 5.82 Å². The van der Waals surface area contributed by atoms with E-state index in [-0.39, 0.29) is 16.8 Å². The molecule has 2 aromatic carbocycles. The lowest BCUT2D eigenvalue weighted by molar-refractivity contribution is -0.142. The monoisotopic (exact) mass is 415 g/mol. The van der Waals surface area contributed by atoms with E-state index in [1.165, 1.54) is 62.8 Å². The minimum atomic E-state index is -0.784. The van der Waals surface area contributed by atoms with Crippen molar-refractivity contribution in [3.63, 3.8) is 0 Å². The second-order valence-corrected chi connectivity index (χ2v) is 5.82. The van der Waals surface area contributed by atoms with Crippen LogP contribution in [0.25, 0.3) is 6.08 Å². The molecular formula is C21H18FNO7. The van der Waals surface area contributed by atoms with Gasteiger partial charge in [0.25, 0.3) is 5.91 Å². The van der Waals surface area contributed by atoms with Gasteiger partial charge in [-0.25, -0.2) is 18.8 Å². The maximum Gasteiger partial charge on any atom is 0.337 e. The average Bonchev–Trinajstić information content (AvgIpc) is 2.75. The highest BCUT2D eigenvalue weighted by molar-refractivity contribution is 6.00. The third-order valence-corrected chi connectivity index (χ3v) is 3.69. The molecule has 2 rings (SSSR count). The van der Waals surface area contributed by atoms with Crippen molar-refractivity contribution in [2.75, 3.05) is 26.1 Å². The van der Waals surface area contributed by atoms with Crippen molar-refractivity contribution >= 4 is 35.6 Å². The van der Waals surface area contributed by atoms with Crippen LogP contribution in [0.5, 0.6) is 0 Å². The molecule has 0 fully saturated rings. The third kappa shape index (κ3) is 6.55. The van der Waals surface area contributed by atoms with Gasteiger partial charge in [-0.1, -0.05) is 12.1 Å². The molecule has 0 bridgehead atoms. The molecule has 0 aliphatic heterocycles. The predicted molar refractivity (Wildman–Crippen MR) is 104 cm³/mol. The van der Waals surface area contributed by atoms with E-state index in [2.05, 4.69) is 14.8 Å². The van der Waals surface area contributed by atoms with Gasteiger partial charge in [0.2, 0.25) is 0 Å². The molecule has 0 heterocycles. The molecule has 0 spiro atoms. The van der Waals surface area contributed by atoms with E-state index in [1.807, 2.05) is 0 Å². The van der Waals surface area contributed by atoms with E-state index in [0.717, 1.165) is 6.08 Å². The molecule has 0 aliphatic carbocycles. The number of carbonyl (C=O) groups is 4. The zero-order valence-electron chi connectivity index (χ0n) is 16.1. The summed E-state index contributed by atoms with van der Waals surface area (Å²) in [6.07, 6.45) is 2.50. The lowest BCUT2D eigenvalue weighted by atomic mass is 10.1. The van der Waals surface area contributed by atoms with Gasteiger partial charge in [0.15, 0.2) is 6.61 Å². The standard InChI is InChI=1S/C21H18FNO7/c1-28-20(26)14-9-15(21(27)29-2)11-17(10-14)23-18(24)12-30-19(25)8-5-13-3-6-16(22)7-4-13/h3-11H,12H2,1-2H3,(H,23,24). The molecule has 0 aliphatic rings. The number of anilines is 1. The highest BCUT2D eigenvalue weighted by Crippen LogP contribution is 2.17. The summed E-state index contributed by atoms with van der Waals surface area (Å²) < 4.78 is 26.9. The summed E-state index contributed by atoms with van der Waals surface area (Å²) in [6, 6.07) is 9.28. The first-order chi connectivity index (χ1) is 14.3. The van der Waals surface area contributed by atoms with Crippen molar-refractivity contribution in [2.45, 2.75) is 0 Å². The van der Waals surface area contributed by atoms with Crippen LogP contribution in [-0.2, 0) is 23.8 Å². The molecule has 9 heteroatoms. The minimum absolute atomic E-state index is 0.0231. The summed E-state index contributed by atoms with van der Waals surface area (Å²) >= 11 is 0. The van der Waals surface area contributed by atoms with Crippen LogP contribution in [0.15, 0.2) is 48.5 Å². The number of benzene rings is 2. The SMILES string of the molecule is COC(=O)c1cc(NC(=O)COC(=O)C=Cc2ccc(F)cc2)cc(C(=O)OC)c1. The fraction of sp³-hybridized carbons (Fsp3) is 0.143. The second kappa shape index (κ2) is 10.5. The predicted octanol–water partition coefficient (Wildman–Crippen LogP) is 2.59. The van der Waals surface area contributed by atoms with Gasteiger partial charge in [-0.05, 0) is 42.0 Å². The van der Waals surface area contributed by atoms with E-state index in [9.17, 15) is 23.6 Å². The Morgan fingerprint density at radius 3 is 2.03 bits per heavy atom. The molecule has 0 unspecified atom stereocenters. The molecule has 0 atom stereocenters. The summed E-state index contributed by atoms with van der Waals surface area (Å²) in [5.41, 5.74) is 0.735. The van der Waals surface area contributed by atoms with E-state index in [0.29, 0.717) is 5.56 Å². The fourth-order valence-electron chi connectivity index (χ4n) is 2.29. The molecular weight excluding hydrogens is 397 g/mol. The Hall–Kier alpha value is -4.01. The number of ether oxygens (including phenoxy) is 3. The fourth-order valence-corrected chi connectivity index (χ4v) is 2.29. The summed E-state index contributed by atoms with van der Waals surface area (Å²) in [7, 11) is 2.34. The largest absolute Gasteiger partial charge is 0.465 e. The van der Waals surface area contributed by atoms with E-state index < -0.39 is 36.2 Å². The number of hydrogen-bond acceptors (Lipinski definition) is 7. The average molecular weight is 415 g/mol. The van der Waals surface area contributed by atoms with Crippen molar-refractivity contribution in [3.8, 4) is 0 Å². The van der Waals surface area contributed by atoms with Crippen LogP contribution in [-0.4, -0.2) is 44.6 Å². The van der Waals surface area contributed by atoms with E-state index >= 15 is 0 Å². The number of halogens is 1. The number of amides is 1. The lowest BCUT2D eigenvalue weighted by Crippen LogP contribution is -2.20. The summed E-state index contributed by atoms with van der Waals surface area (Å²) in [5.74, 6) is -3.32. The van der Waals surface area contributed by atoms with Gasteiger partial charge in [-0.15, -0.1) is 0 Å². The molecule has 0 aromatic heterocycles. The molecule has 1 N–H and O–H groups in total. The van der Waals surface area contributed by atoms with Gasteiger partial charge in [0.05, 0.1) is 25.3 Å². The molecule has 30 heavy (non-hydrogen) atoms. The maximum atomic E-state index is 12.8. The van der Waals surface area contributed by atoms with Crippen LogP contribution in [0.2, 0.25) is 0 Å². The van der Waals surface area contributed by atoms with E-state index in [4.69, 9.17) is 4.74 Å². The van der Waals surface area contributed by atoms with Gasteiger partial charge in [-0.3, -0.25) is 4.79 Å². The highest BCUT2D eigenvalue weighted by Gasteiger charge is 2.15. The second-order valence-electron chi connectivity index (χ2n) is 5.82. The first-order valence-electron chi connectivity index (χ1n) is 8.54. The van der Waals surface area contributed by atoms with Crippen molar-refractivity contribution < 1.29 is 37.8 Å². The van der Waals surface area contributed by atoms with Gasteiger partial charge in [0, 0.05) is 11.8 Å². The zero-order valence-corrected chi connectivity index (χ0v) is 16.1. The number of esters is 3. The van der Waals surface area contributed by atoms with Crippen LogP contribution in [0.4, 0.5) is 10.1 Å². The van der Waals surface area contributed by atoms with E-state index in [1.54, 1.807) is 0 Å². The lowest BCUT2D eigenvalue weighted by Gasteiger charge is -2.09. The van der Waals surface area contributed by atoms with Crippen LogP contribution in [0.1, 0.15) is 26.3 Å². The molecule has 0 radical (unpaired) electrons. The van der Waals surface area contributed by atoms with Crippen molar-refractivity contribution in [3.05, 3.63) is 71.0 Å². The molecule has 156 valence electrons. The zero-order chi connectivity index (χ0) is 22.1. The smallest absolute Gasteiger partial charge is 0.337 e. The highest BCUT2D eigenvalue weighted by atomic mass is 19.1. The van der Waals surface area contributed by atoms with Gasteiger partial charge in [-0.2, -0.15) is 0 Å². The number of carbonyl (C=O) groups excluding carboxylic acids is 4. The third-order valence-electron chi connectivity index (χ3n) is 3.69. The normalized spacial score (nSPS) is 10.4. The quantitative estimate of drug-likeness (QED) is 0.421. The molecule has 8 nitrogen and oxygen atoms in total. The van der Waals surface area contributed by atoms with Gasteiger partial charge >= 0.3 is 17.9 Å². The minimum Gasteiger partial charge on any atom is -0.465 e. The van der Waals surface area contributed by atoms with Crippen LogP contribution < -0.4 is 5.32 Å². The number of hydrogen-bond donors (Lipinski definition) is 1. The first kappa shape index (κ1) is 22.3. The Kier molecular flexibility index (Phi) is 7.81. The molecule has 1 amide bonds. The van der Waals surface area contributed by atoms with Gasteiger partial charge < -0.3 is 19.5 Å². The Balaban J connectivity index is 1.99. The topological polar surface area (TPSA) is 108 Å². The molecule has 2 aromatic rings. The van der Waals surface area contributed by atoms with Crippen molar-refractivity contribution in [1.29, 1.82) is 0 Å². The number of nitrogens with one attached hydrogen (secondary N) is 1. The van der Waals surface area contributed by atoms with Crippen molar-refractivity contribution in [2.24, 2.45) is 0 Å². The molecule has 0 saturated carbocycles.